The summed E-state index contributed by atoms with van der Waals surface area (Å²) in [6.45, 7) is 5.31. The van der Waals surface area contributed by atoms with E-state index in [-0.39, 0.29) is 11.9 Å². The van der Waals surface area contributed by atoms with E-state index in [1.54, 1.807) is 6.20 Å². The summed E-state index contributed by atoms with van der Waals surface area (Å²) >= 11 is 0. The number of carbonyl (C=O) groups excluding carboxylic acids is 1. The lowest BCUT2D eigenvalue weighted by Crippen LogP contribution is -2.09. The molecule has 0 aliphatic carbocycles. The van der Waals surface area contributed by atoms with Crippen molar-refractivity contribution in [3.63, 3.8) is 0 Å². The van der Waals surface area contributed by atoms with Crippen molar-refractivity contribution in [2.24, 2.45) is 0 Å². The molecule has 0 bridgehead atoms. The van der Waals surface area contributed by atoms with Crippen LogP contribution >= 0.6 is 0 Å². The van der Waals surface area contributed by atoms with Crippen molar-refractivity contribution in [1.29, 1.82) is 0 Å². The topological polar surface area (TPSA) is 73.6 Å². The Morgan fingerprint density at radius 3 is 2.91 bits per heavy atom. The van der Waals surface area contributed by atoms with Crippen LogP contribution in [0.2, 0.25) is 0 Å². The quantitative estimate of drug-likeness (QED) is 0.383. The number of ether oxygens (including phenoxy) is 2. The molecule has 1 aliphatic rings. The molecule has 168 valence electrons. The number of methoxy groups -OCH3 is 1. The fourth-order valence-corrected chi connectivity index (χ4v) is 4.57. The monoisotopic (exact) mass is 442 g/mol. The first kappa shape index (κ1) is 21.1. The van der Waals surface area contributed by atoms with Crippen molar-refractivity contribution in [1.82, 2.24) is 4.98 Å². The summed E-state index contributed by atoms with van der Waals surface area (Å²) in [5.74, 6) is 1.52. The fraction of sp³-hybridized carbons (Fsp3) is 0.259. The molecular weight excluding hydrogens is 416 g/mol. The number of furan rings is 1. The molecule has 6 heteroatoms. The van der Waals surface area contributed by atoms with Gasteiger partial charge in [0.25, 0.3) is 0 Å². The van der Waals surface area contributed by atoms with Crippen LogP contribution < -0.4 is 10.1 Å². The summed E-state index contributed by atoms with van der Waals surface area (Å²) in [6, 6.07) is 16.4. The van der Waals surface area contributed by atoms with E-state index in [1.165, 1.54) is 18.2 Å². The molecule has 0 spiro atoms. The highest BCUT2D eigenvalue weighted by atomic mass is 16.5. The van der Waals surface area contributed by atoms with E-state index in [0.717, 1.165) is 39.3 Å². The smallest absolute Gasteiger partial charge is 0.306 e. The zero-order valence-electron chi connectivity index (χ0n) is 19.0. The highest BCUT2D eigenvalue weighted by Crippen LogP contribution is 2.39. The Hall–Kier alpha value is -3.80. The van der Waals surface area contributed by atoms with Crippen LogP contribution in [0.1, 0.15) is 34.8 Å². The van der Waals surface area contributed by atoms with Gasteiger partial charge in [-0.2, -0.15) is 0 Å². The summed E-state index contributed by atoms with van der Waals surface area (Å²) in [7, 11) is 1.41. The van der Waals surface area contributed by atoms with Crippen LogP contribution in [0.15, 0.2) is 59.1 Å². The number of benzene rings is 2. The van der Waals surface area contributed by atoms with Crippen LogP contribution in [-0.4, -0.2) is 24.7 Å². The number of fused-ring (bicyclic) bond motifs is 2. The van der Waals surface area contributed by atoms with E-state index in [2.05, 4.69) is 41.5 Å². The van der Waals surface area contributed by atoms with E-state index in [9.17, 15) is 4.79 Å². The van der Waals surface area contributed by atoms with Gasteiger partial charge in [0.1, 0.15) is 11.5 Å². The molecule has 2 aromatic heterocycles. The van der Waals surface area contributed by atoms with Crippen molar-refractivity contribution >= 4 is 22.8 Å². The molecule has 0 saturated carbocycles. The predicted molar refractivity (Wildman–Crippen MR) is 128 cm³/mol. The first-order chi connectivity index (χ1) is 16.0. The van der Waals surface area contributed by atoms with E-state index >= 15 is 0 Å². The van der Waals surface area contributed by atoms with Crippen molar-refractivity contribution in [3.05, 3.63) is 77.2 Å². The van der Waals surface area contributed by atoms with Gasteiger partial charge >= 0.3 is 5.97 Å². The Balaban J connectivity index is 1.36. The molecule has 1 N–H and O–H groups in total. The second-order valence-corrected chi connectivity index (χ2v) is 8.37. The molecule has 6 nitrogen and oxygen atoms in total. The zero-order chi connectivity index (χ0) is 22.9. The van der Waals surface area contributed by atoms with Gasteiger partial charge in [-0.25, -0.2) is 4.98 Å². The highest BCUT2D eigenvalue weighted by molar-refractivity contribution is 5.94. The molecule has 33 heavy (non-hydrogen) atoms. The third-order valence-electron chi connectivity index (χ3n) is 6.37. The van der Waals surface area contributed by atoms with E-state index in [1.807, 2.05) is 31.2 Å². The summed E-state index contributed by atoms with van der Waals surface area (Å²) in [5.41, 5.74) is 7.36. The predicted octanol–water partition coefficient (Wildman–Crippen LogP) is 5.76. The number of aryl methyl sites for hydroxylation is 1. The molecule has 0 unspecified atom stereocenters. The number of rotatable bonds is 6. The minimum atomic E-state index is -0.217. The third-order valence-corrected chi connectivity index (χ3v) is 6.37. The molecule has 1 atom stereocenters. The molecule has 4 aromatic rings. The van der Waals surface area contributed by atoms with Crippen LogP contribution in [0.4, 0.5) is 5.69 Å². The molecule has 0 saturated heterocycles. The lowest BCUT2D eigenvalue weighted by atomic mass is 9.95. The number of aromatic nitrogens is 1. The van der Waals surface area contributed by atoms with Crippen LogP contribution in [-0.2, 0) is 16.1 Å². The number of pyridine rings is 1. The van der Waals surface area contributed by atoms with Crippen LogP contribution in [0.25, 0.3) is 22.2 Å². The molecular formula is C27H26N2O4. The number of anilines is 1. The van der Waals surface area contributed by atoms with E-state index in [4.69, 9.17) is 13.9 Å². The third kappa shape index (κ3) is 3.93. The van der Waals surface area contributed by atoms with Crippen molar-refractivity contribution in [2.45, 2.75) is 32.7 Å². The van der Waals surface area contributed by atoms with Gasteiger partial charge in [0.05, 0.1) is 20.1 Å². The van der Waals surface area contributed by atoms with Gasteiger partial charge in [-0.05, 0) is 48.7 Å². The van der Waals surface area contributed by atoms with Gasteiger partial charge < -0.3 is 19.2 Å². The SMILES string of the molecule is COC(=O)C[C@@H]1COc2cc(NCc3cccc(-c4c(C)oc5ncccc45)c3C)ccc21. The van der Waals surface area contributed by atoms with Crippen LogP contribution in [0, 0.1) is 13.8 Å². The Labute approximate surface area is 192 Å². The Morgan fingerprint density at radius 1 is 1.18 bits per heavy atom. The van der Waals surface area contributed by atoms with Crippen molar-refractivity contribution in [3.8, 4) is 16.9 Å². The summed E-state index contributed by atoms with van der Waals surface area (Å²) in [5, 5.41) is 4.54. The largest absolute Gasteiger partial charge is 0.493 e. The minimum Gasteiger partial charge on any atom is -0.493 e. The summed E-state index contributed by atoms with van der Waals surface area (Å²) in [6.07, 6.45) is 2.08. The second kappa shape index (κ2) is 8.62. The van der Waals surface area contributed by atoms with Crippen molar-refractivity contribution < 1.29 is 18.7 Å². The lowest BCUT2D eigenvalue weighted by molar-refractivity contribution is -0.141. The average molecular weight is 443 g/mol. The zero-order valence-corrected chi connectivity index (χ0v) is 19.0. The van der Waals surface area contributed by atoms with Crippen molar-refractivity contribution in [2.75, 3.05) is 19.0 Å². The van der Waals surface area contributed by atoms with Gasteiger partial charge in [0.2, 0.25) is 5.71 Å². The normalized spacial score (nSPS) is 14.7. The number of esters is 1. The maximum Gasteiger partial charge on any atom is 0.306 e. The van der Waals surface area contributed by atoms with Gasteiger partial charge in [0.15, 0.2) is 0 Å². The Bertz CT molecular complexity index is 1340. The fourth-order valence-electron chi connectivity index (χ4n) is 4.57. The number of hydrogen-bond acceptors (Lipinski definition) is 6. The first-order valence-electron chi connectivity index (χ1n) is 11.1. The second-order valence-electron chi connectivity index (χ2n) is 8.37. The average Bonchev–Trinajstić information content (AvgIpc) is 3.38. The van der Waals surface area contributed by atoms with E-state index in [0.29, 0.717) is 25.3 Å². The highest BCUT2D eigenvalue weighted by Gasteiger charge is 2.27. The Morgan fingerprint density at radius 2 is 2.06 bits per heavy atom. The van der Waals surface area contributed by atoms with Crippen LogP contribution in [0.5, 0.6) is 5.75 Å². The lowest BCUT2D eigenvalue weighted by Gasteiger charge is -2.14. The molecule has 3 heterocycles. The summed E-state index contributed by atoms with van der Waals surface area (Å²) < 4.78 is 16.5. The van der Waals surface area contributed by atoms with Crippen LogP contribution in [0.3, 0.4) is 0 Å². The number of nitrogens with one attached hydrogen (secondary N) is 1. The minimum absolute atomic E-state index is 0.0444. The molecule has 5 rings (SSSR count). The van der Waals surface area contributed by atoms with E-state index < -0.39 is 0 Å². The van der Waals surface area contributed by atoms with Gasteiger partial charge in [-0.1, -0.05) is 24.3 Å². The number of carbonyl (C=O) groups is 1. The molecule has 2 aromatic carbocycles. The molecule has 1 aliphatic heterocycles. The number of nitrogens with zero attached hydrogens (tertiary/aromatic N) is 1. The number of hydrogen-bond donors (Lipinski definition) is 1. The first-order valence-corrected chi connectivity index (χ1v) is 11.1. The summed E-state index contributed by atoms with van der Waals surface area (Å²) in [4.78, 5) is 16.0. The van der Waals surface area contributed by atoms with Gasteiger partial charge in [0, 0.05) is 46.9 Å². The maximum absolute atomic E-state index is 11.6. The van der Waals surface area contributed by atoms with Gasteiger partial charge in [-0.3, -0.25) is 4.79 Å². The van der Waals surface area contributed by atoms with Gasteiger partial charge in [-0.15, -0.1) is 0 Å². The Kier molecular flexibility index (Phi) is 5.50. The maximum atomic E-state index is 11.6. The molecule has 0 fully saturated rings. The molecule has 0 amide bonds. The standard InChI is InChI=1S/C27H26N2O4/c1-16-18(6-4-7-21(16)26-17(2)33-27-23(26)8-5-11-28-27)14-29-20-9-10-22-19(12-25(30)31-3)15-32-24(22)13-20/h4-11,13,19,29H,12,14-15H2,1-3H3/t19-/m1/s1. The molecule has 0 radical (unpaired) electrons.